The molecule has 0 aliphatic carbocycles. The third-order valence-electron chi connectivity index (χ3n) is 4.99. The Balaban J connectivity index is 1.70. The Labute approximate surface area is 173 Å². The predicted molar refractivity (Wildman–Crippen MR) is 114 cm³/mol. The van der Waals surface area contributed by atoms with Gasteiger partial charge in [0.15, 0.2) is 5.78 Å². The number of anilines is 1. The van der Waals surface area contributed by atoms with Gasteiger partial charge in [0.25, 0.3) is 0 Å². The number of aromatic nitrogens is 2. The van der Waals surface area contributed by atoms with Gasteiger partial charge < -0.3 is 4.90 Å². The molecule has 3 heterocycles. The molecule has 5 heteroatoms. The van der Waals surface area contributed by atoms with Crippen LogP contribution in [0, 0.1) is 13.8 Å². The monoisotopic (exact) mass is 433 g/mol. The summed E-state index contributed by atoms with van der Waals surface area (Å²) < 4.78 is 0.803. The molecule has 0 spiro atoms. The number of benzene rings is 1. The topological polar surface area (TPSA) is 46.1 Å². The molecule has 4 rings (SSSR count). The third kappa shape index (κ3) is 3.76. The highest BCUT2D eigenvalue weighted by Gasteiger charge is 2.23. The van der Waals surface area contributed by atoms with Crippen LogP contribution in [0.1, 0.15) is 32.9 Å². The first-order chi connectivity index (χ1) is 13.5. The zero-order valence-electron chi connectivity index (χ0n) is 15.8. The number of para-hydroxylation sites is 1. The second kappa shape index (κ2) is 7.68. The van der Waals surface area contributed by atoms with Crippen LogP contribution in [0.4, 0.5) is 5.69 Å². The molecule has 140 valence electrons. The summed E-state index contributed by atoms with van der Waals surface area (Å²) in [5, 5.41) is 0. The molecule has 28 heavy (non-hydrogen) atoms. The maximum absolute atomic E-state index is 13.2. The summed E-state index contributed by atoms with van der Waals surface area (Å²) in [5.74, 6) is 0.0253. The zero-order valence-corrected chi connectivity index (χ0v) is 17.4. The van der Waals surface area contributed by atoms with E-state index in [1.807, 2.05) is 56.4 Å². The van der Waals surface area contributed by atoms with Crippen molar-refractivity contribution in [2.24, 2.45) is 0 Å². The number of rotatable bonds is 4. The molecule has 0 fully saturated rings. The second-order valence-corrected chi connectivity index (χ2v) is 7.81. The number of nitrogens with zero attached hydrogens (tertiary/aromatic N) is 3. The fraction of sp³-hybridized carbons (Fsp3) is 0.174. The van der Waals surface area contributed by atoms with Gasteiger partial charge in [-0.3, -0.25) is 9.78 Å². The summed E-state index contributed by atoms with van der Waals surface area (Å²) in [6.07, 6.45) is 4.25. The van der Waals surface area contributed by atoms with E-state index in [1.54, 1.807) is 6.20 Å². The highest BCUT2D eigenvalue weighted by molar-refractivity contribution is 9.10. The lowest BCUT2D eigenvalue weighted by Gasteiger charge is -2.29. The number of allylic oxidation sites excluding steroid dienone is 1. The number of fused-ring (bicyclic) bond motifs is 1. The van der Waals surface area contributed by atoms with E-state index in [2.05, 4.69) is 42.9 Å². The number of aryl methyl sites for hydroxylation is 2. The Hall–Kier alpha value is -2.79. The van der Waals surface area contributed by atoms with E-state index in [0.29, 0.717) is 18.5 Å². The molecule has 0 atom stereocenters. The van der Waals surface area contributed by atoms with Crippen LogP contribution in [0.2, 0.25) is 0 Å². The van der Waals surface area contributed by atoms with Crippen LogP contribution in [0.15, 0.2) is 71.1 Å². The zero-order chi connectivity index (χ0) is 19.7. The van der Waals surface area contributed by atoms with Crippen LogP contribution in [0.3, 0.4) is 0 Å². The molecule has 1 aliphatic heterocycles. The van der Waals surface area contributed by atoms with E-state index in [0.717, 1.165) is 38.4 Å². The first kappa shape index (κ1) is 18.6. The summed E-state index contributed by atoms with van der Waals surface area (Å²) >= 11 is 3.43. The second-order valence-electron chi connectivity index (χ2n) is 6.99. The Morgan fingerprint density at radius 1 is 1.14 bits per heavy atom. The predicted octanol–water partition coefficient (Wildman–Crippen LogP) is 5.19. The Morgan fingerprint density at radius 2 is 1.96 bits per heavy atom. The van der Waals surface area contributed by atoms with Gasteiger partial charge in [-0.05, 0) is 65.2 Å². The summed E-state index contributed by atoms with van der Waals surface area (Å²) in [6, 6.07) is 16.0. The van der Waals surface area contributed by atoms with E-state index >= 15 is 0 Å². The van der Waals surface area contributed by atoms with Crippen LogP contribution in [0.25, 0.3) is 0 Å². The maximum Gasteiger partial charge on any atom is 0.192 e. The minimum atomic E-state index is 0.0253. The van der Waals surface area contributed by atoms with Gasteiger partial charge in [-0.15, -0.1) is 0 Å². The molecule has 0 bridgehead atoms. The molecule has 0 radical (unpaired) electrons. The Kier molecular flexibility index (Phi) is 5.09. The van der Waals surface area contributed by atoms with Crippen LogP contribution in [-0.4, -0.2) is 15.8 Å². The number of pyridine rings is 2. The molecule has 0 amide bonds. The Morgan fingerprint density at radius 3 is 2.75 bits per heavy atom. The minimum absolute atomic E-state index is 0.0253. The summed E-state index contributed by atoms with van der Waals surface area (Å²) in [4.78, 5) is 24.2. The first-order valence-electron chi connectivity index (χ1n) is 9.16. The van der Waals surface area contributed by atoms with Crippen molar-refractivity contribution in [2.75, 3.05) is 4.90 Å². The number of hydrogen-bond acceptors (Lipinski definition) is 4. The normalized spacial score (nSPS) is 13.1. The fourth-order valence-electron chi connectivity index (χ4n) is 3.38. The molecule has 0 saturated carbocycles. The quantitative estimate of drug-likeness (QED) is 0.419. The standard InChI is InChI=1S/C23H20BrN3O/c1-15-10-18(12-25-16(15)2)23(28)19-11-17-6-3-4-8-21(17)27(13-19)14-20-7-5-9-22(24)26-20/h3-10,12-13H,11,14H2,1-2H3. The number of hydrogen-bond donors (Lipinski definition) is 0. The molecular formula is C23H20BrN3O. The van der Waals surface area contributed by atoms with Crippen molar-refractivity contribution in [1.29, 1.82) is 0 Å². The summed E-state index contributed by atoms with van der Waals surface area (Å²) in [5.41, 5.74) is 6.55. The molecule has 1 aromatic carbocycles. The van der Waals surface area contributed by atoms with Crippen LogP contribution < -0.4 is 4.90 Å². The van der Waals surface area contributed by atoms with Crippen molar-refractivity contribution < 1.29 is 4.79 Å². The van der Waals surface area contributed by atoms with Crippen molar-refractivity contribution in [2.45, 2.75) is 26.8 Å². The molecule has 3 aromatic rings. The third-order valence-corrected chi connectivity index (χ3v) is 5.43. The van der Waals surface area contributed by atoms with Gasteiger partial charge in [-0.1, -0.05) is 24.3 Å². The molecule has 1 aliphatic rings. The van der Waals surface area contributed by atoms with Gasteiger partial charge in [0.1, 0.15) is 4.60 Å². The lowest BCUT2D eigenvalue weighted by Crippen LogP contribution is -2.25. The van der Waals surface area contributed by atoms with E-state index in [1.165, 1.54) is 0 Å². The van der Waals surface area contributed by atoms with Crippen LogP contribution >= 0.6 is 15.9 Å². The van der Waals surface area contributed by atoms with Gasteiger partial charge in [0.2, 0.25) is 0 Å². The van der Waals surface area contributed by atoms with Gasteiger partial charge in [0.05, 0.1) is 12.2 Å². The lowest BCUT2D eigenvalue weighted by molar-refractivity contribution is 0.103. The van der Waals surface area contributed by atoms with Gasteiger partial charge >= 0.3 is 0 Å². The largest absolute Gasteiger partial charge is 0.341 e. The fourth-order valence-corrected chi connectivity index (χ4v) is 3.76. The molecule has 4 nitrogen and oxygen atoms in total. The number of carbonyl (C=O) groups excluding carboxylic acids is 1. The first-order valence-corrected chi connectivity index (χ1v) is 9.95. The summed E-state index contributed by atoms with van der Waals surface area (Å²) in [7, 11) is 0. The lowest BCUT2D eigenvalue weighted by atomic mass is 9.93. The Bertz CT molecular complexity index is 1090. The van der Waals surface area contributed by atoms with Crippen molar-refractivity contribution in [1.82, 2.24) is 9.97 Å². The molecule has 0 saturated heterocycles. The van der Waals surface area contributed by atoms with E-state index in [4.69, 9.17) is 0 Å². The average Bonchev–Trinajstić information content (AvgIpc) is 2.69. The van der Waals surface area contributed by atoms with Crippen molar-refractivity contribution >= 4 is 27.4 Å². The number of carbonyl (C=O) groups is 1. The highest BCUT2D eigenvalue weighted by atomic mass is 79.9. The van der Waals surface area contributed by atoms with Crippen LogP contribution in [0.5, 0.6) is 0 Å². The molecular weight excluding hydrogens is 414 g/mol. The highest BCUT2D eigenvalue weighted by Crippen LogP contribution is 2.31. The van der Waals surface area contributed by atoms with E-state index in [9.17, 15) is 4.79 Å². The average molecular weight is 434 g/mol. The van der Waals surface area contributed by atoms with Crippen molar-refractivity contribution in [3.8, 4) is 0 Å². The van der Waals surface area contributed by atoms with E-state index < -0.39 is 0 Å². The maximum atomic E-state index is 13.2. The van der Waals surface area contributed by atoms with Gasteiger partial charge in [0, 0.05) is 41.3 Å². The number of Topliss-reactive ketones (excluding diaryl/α,β-unsaturated/α-hetero) is 1. The molecule has 0 unspecified atom stereocenters. The SMILES string of the molecule is Cc1cc(C(=O)C2=CN(Cc3cccc(Br)n3)c3ccccc3C2)cnc1C. The summed E-state index contributed by atoms with van der Waals surface area (Å²) in [6.45, 7) is 4.53. The smallest absolute Gasteiger partial charge is 0.192 e. The van der Waals surface area contributed by atoms with Crippen molar-refractivity contribution in [3.05, 3.63) is 99.2 Å². The minimum Gasteiger partial charge on any atom is -0.341 e. The van der Waals surface area contributed by atoms with Crippen LogP contribution in [-0.2, 0) is 13.0 Å². The number of halogens is 1. The van der Waals surface area contributed by atoms with Gasteiger partial charge in [-0.25, -0.2) is 4.98 Å². The van der Waals surface area contributed by atoms with E-state index in [-0.39, 0.29) is 5.78 Å². The molecule has 0 N–H and O–H groups in total. The van der Waals surface area contributed by atoms with Gasteiger partial charge in [-0.2, -0.15) is 0 Å². The molecule has 2 aromatic heterocycles. The van der Waals surface area contributed by atoms with Crippen molar-refractivity contribution in [3.63, 3.8) is 0 Å². The number of ketones is 1.